The van der Waals surface area contributed by atoms with Crippen LogP contribution >= 0.6 is 11.6 Å². The van der Waals surface area contributed by atoms with Gasteiger partial charge in [0.1, 0.15) is 6.10 Å². The number of ether oxygens (including phenoxy) is 1. The van der Waals surface area contributed by atoms with Gasteiger partial charge in [0.15, 0.2) is 0 Å². The van der Waals surface area contributed by atoms with Crippen LogP contribution in [0.15, 0.2) is 42.0 Å². The van der Waals surface area contributed by atoms with Gasteiger partial charge in [-0.3, -0.25) is 4.90 Å². The van der Waals surface area contributed by atoms with Crippen molar-refractivity contribution in [3.8, 4) is 0 Å². The number of hydrogen-bond acceptors (Lipinski definition) is 3. The molecular formula is C19H20ClNO2. The number of piperidine rings is 1. The number of rotatable bonds is 1. The van der Waals surface area contributed by atoms with Crippen LogP contribution in [0.2, 0.25) is 5.02 Å². The normalized spacial score (nSPS) is 30.7. The third-order valence-electron chi connectivity index (χ3n) is 5.23. The van der Waals surface area contributed by atoms with E-state index in [1.165, 1.54) is 18.4 Å². The molecule has 1 aromatic rings. The Labute approximate surface area is 141 Å². The standard InChI is InChI=1S/C19H20ClNO2/c1-12-16(13-5-4-6-15(20)9-13)10-14-11-18(22)23-19(14)17-7-2-3-8-21(12)17/h4-6,9-12,17,19H,2-3,7-8H2,1H3/t12-,17?,19?/m0/s1. The monoisotopic (exact) mass is 329 g/mol. The largest absolute Gasteiger partial charge is 0.453 e. The average Bonchev–Trinajstić information content (AvgIpc) is 2.87. The third-order valence-corrected chi connectivity index (χ3v) is 5.46. The summed E-state index contributed by atoms with van der Waals surface area (Å²) in [6.07, 6.45) is 7.15. The molecule has 1 aromatic carbocycles. The molecular weight excluding hydrogens is 310 g/mol. The molecule has 3 atom stereocenters. The Balaban J connectivity index is 1.82. The summed E-state index contributed by atoms with van der Waals surface area (Å²) in [4.78, 5) is 14.3. The number of nitrogens with zero attached hydrogens (tertiary/aromatic N) is 1. The lowest BCUT2D eigenvalue weighted by atomic mass is 9.93. The molecule has 0 spiro atoms. The first-order valence-corrected chi connectivity index (χ1v) is 8.67. The van der Waals surface area contributed by atoms with E-state index < -0.39 is 0 Å². The first kappa shape index (κ1) is 15.0. The zero-order valence-corrected chi connectivity index (χ0v) is 13.9. The van der Waals surface area contributed by atoms with Crippen LogP contribution in [0, 0.1) is 0 Å². The van der Waals surface area contributed by atoms with Crippen molar-refractivity contribution in [2.24, 2.45) is 0 Å². The smallest absolute Gasteiger partial charge is 0.331 e. The number of halogens is 1. The topological polar surface area (TPSA) is 29.5 Å². The van der Waals surface area contributed by atoms with E-state index in [1.807, 2.05) is 18.2 Å². The van der Waals surface area contributed by atoms with Crippen molar-refractivity contribution in [2.75, 3.05) is 6.54 Å². The summed E-state index contributed by atoms with van der Waals surface area (Å²) in [5, 5.41) is 0.735. The van der Waals surface area contributed by atoms with Gasteiger partial charge in [-0.1, -0.05) is 30.2 Å². The van der Waals surface area contributed by atoms with Gasteiger partial charge >= 0.3 is 5.97 Å². The van der Waals surface area contributed by atoms with Crippen molar-refractivity contribution >= 4 is 23.1 Å². The predicted octanol–water partition coefficient (Wildman–Crippen LogP) is 3.83. The highest BCUT2D eigenvalue weighted by molar-refractivity contribution is 6.30. The van der Waals surface area contributed by atoms with Crippen LogP contribution < -0.4 is 0 Å². The van der Waals surface area contributed by atoms with Gasteiger partial charge in [-0.2, -0.15) is 0 Å². The Bertz CT molecular complexity index is 709. The summed E-state index contributed by atoms with van der Waals surface area (Å²) in [5.74, 6) is -0.216. The first-order valence-electron chi connectivity index (χ1n) is 8.29. The second-order valence-electron chi connectivity index (χ2n) is 6.59. The lowest BCUT2D eigenvalue weighted by Gasteiger charge is -2.41. The fourth-order valence-electron chi connectivity index (χ4n) is 4.13. The maximum atomic E-state index is 11.8. The van der Waals surface area contributed by atoms with Gasteiger partial charge in [-0.15, -0.1) is 0 Å². The Kier molecular flexibility index (Phi) is 3.78. The second-order valence-corrected chi connectivity index (χ2v) is 7.03. The van der Waals surface area contributed by atoms with Gasteiger partial charge < -0.3 is 4.74 Å². The molecule has 3 heterocycles. The molecule has 2 unspecified atom stereocenters. The van der Waals surface area contributed by atoms with Crippen molar-refractivity contribution in [1.82, 2.24) is 4.90 Å². The molecule has 3 aliphatic rings. The molecule has 0 aromatic heterocycles. The maximum absolute atomic E-state index is 11.8. The van der Waals surface area contributed by atoms with Crippen LogP contribution in [0.5, 0.6) is 0 Å². The molecule has 0 aliphatic carbocycles. The first-order chi connectivity index (χ1) is 11.1. The minimum Gasteiger partial charge on any atom is -0.453 e. The summed E-state index contributed by atoms with van der Waals surface area (Å²) in [6.45, 7) is 3.29. The van der Waals surface area contributed by atoms with E-state index in [1.54, 1.807) is 6.08 Å². The molecule has 0 radical (unpaired) electrons. The zero-order chi connectivity index (χ0) is 16.0. The molecule has 0 N–H and O–H groups in total. The third kappa shape index (κ3) is 2.62. The Morgan fingerprint density at radius 2 is 2.13 bits per heavy atom. The van der Waals surface area contributed by atoms with Crippen molar-refractivity contribution in [3.05, 3.63) is 52.6 Å². The summed E-state index contributed by atoms with van der Waals surface area (Å²) in [7, 11) is 0. The Morgan fingerprint density at radius 3 is 2.96 bits per heavy atom. The van der Waals surface area contributed by atoms with Crippen LogP contribution in [0.25, 0.3) is 5.57 Å². The molecule has 3 nitrogen and oxygen atoms in total. The van der Waals surface area contributed by atoms with Gasteiger partial charge in [0.25, 0.3) is 0 Å². The van der Waals surface area contributed by atoms with E-state index in [-0.39, 0.29) is 24.2 Å². The lowest BCUT2D eigenvalue weighted by Crippen LogP contribution is -2.50. The fourth-order valence-corrected chi connectivity index (χ4v) is 4.32. The van der Waals surface area contributed by atoms with E-state index in [0.717, 1.165) is 29.1 Å². The summed E-state index contributed by atoms with van der Waals surface area (Å²) in [6, 6.07) is 8.52. The Morgan fingerprint density at radius 1 is 1.26 bits per heavy atom. The highest BCUT2D eigenvalue weighted by atomic mass is 35.5. The van der Waals surface area contributed by atoms with Gasteiger partial charge in [0, 0.05) is 22.7 Å². The lowest BCUT2D eigenvalue weighted by molar-refractivity contribution is -0.142. The van der Waals surface area contributed by atoms with Crippen molar-refractivity contribution in [1.29, 1.82) is 0 Å². The van der Waals surface area contributed by atoms with E-state index in [0.29, 0.717) is 0 Å². The van der Waals surface area contributed by atoms with Gasteiger partial charge in [-0.05, 0) is 55.7 Å². The number of hydrogen-bond donors (Lipinski definition) is 0. The molecule has 1 fully saturated rings. The number of carbonyl (C=O) groups excluding carboxylic acids is 1. The highest BCUT2D eigenvalue weighted by Gasteiger charge is 2.42. The molecule has 120 valence electrons. The van der Waals surface area contributed by atoms with E-state index >= 15 is 0 Å². The predicted molar refractivity (Wildman–Crippen MR) is 91.2 cm³/mol. The Hall–Kier alpha value is -1.58. The van der Waals surface area contributed by atoms with E-state index in [9.17, 15) is 4.79 Å². The van der Waals surface area contributed by atoms with Gasteiger partial charge in [-0.25, -0.2) is 4.79 Å². The second kappa shape index (κ2) is 5.81. The number of benzene rings is 1. The molecule has 0 bridgehead atoms. The van der Waals surface area contributed by atoms with Crippen molar-refractivity contribution in [3.63, 3.8) is 0 Å². The molecule has 4 heteroatoms. The fraction of sp³-hybridized carbons (Fsp3) is 0.421. The summed E-state index contributed by atoms with van der Waals surface area (Å²) in [5.41, 5.74) is 3.34. The molecule has 23 heavy (non-hydrogen) atoms. The van der Waals surface area contributed by atoms with Crippen molar-refractivity contribution < 1.29 is 9.53 Å². The highest BCUT2D eigenvalue weighted by Crippen LogP contribution is 2.39. The van der Waals surface area contributed by atoms with Crippen LogP contribution in [-0.4, -0.2) is 35.6 Å². The molecule has 4 rings (SSSR count). The van der Waals surface area contributed by atoms with Crippen LogP contribution in [-0.2, 0) is 9.53 Å². The molecule has 1 saturated heterocycles. The van der Waals surface area contributed by atoms with Crippen molar-refractivity contribution in [2.45, 2.75) is 44.4 Å². The summed E-state index contributed by atoms with van der Waals surface area (Å²) < 4.78 is 5.63. The van der Waals surface area contributed by atoms with Crippen LogP contribution in [0.4, 0.5) is 0 Å². The van der Waals surface area contributed by atoms with Gasteiger partial charge in [0.2, 0.25) is 0 Å². The number of esters is 1. The minimum atomic E-state index is -0.216. The molecule has 0 saturated carbocycles. The average molecular weight is 330 g/mol. The minimum absolute atomic E-state index is 0.123. The number of carbonyl (C=O) groups is 1. The molecule has 0 amide bonds. The zero-order valence-electron chi connectivity index (χ0n) is 13.2. The quantitative estimate of drug-likeness (QED) is 0.733. The van der Waals surface area contributed by atoms with Crippen LogP contribution in [0.3, 0.4) is 0 Å². The van der Waals surface area contributed by atoms with E-state index in [2.05, 4.69) is 24.0 Å². The van der Waals surface area contributed by atoms with Gasteiger partial charge in [0.05, 0.1) is 6.04 Å². The van der Waals surface area contributed by atoms with E-state index in [4.69, 9.17) is 16.3 Å². The van der Waals surface area contributed by atoms with Crippen LogP contribution in [0.1, 0.15) is 31.7 Å². The molecule has 3 aliphatic heterocycles. The SMILES string of the molecule is C[C@H]1C(c2cccc(Cl)c2)=CC2=CC(=O)OC2C2CCCCN21. The summed E-state index contributed by atoms with van der Waals surface area (Å²) >= 11 is 6.19. The maximum Gasteiger partial charge on any atom is 0.331 e. The number of fused-ring (bicyclic) bond motifs is 3.